The molecule has 1 atom stereocenters. The number of nitrogens with one attached hydrogen (secondary N) is 2. The summed E-state index contributed by atoms with van der Waals surface area (Å²) >= 11 is 0. The predicted molar refractivity (Wildman–Crippen MR) is 111 cm³/mol. The minimum Gasteiger partial charge on any atom is -0.484 e. The number of rotatable bonds is 9. The van der Waals surface area contributed by atoms with E-state index >= 15 is 0 Å². The lowest BCUT2D eigenvalue weighted by atomic mass is 9.91. The van der Waals surface area contributed by atoms with Gasteiger partial charge in [-0.05, 0) is 56.2 Å². The molecule has 31 heavy (non-hydrogen) atoms. The summed E-state index contributed by atoms with van der Waals surface area (Å²) in [5.41, 5.74) is 6.75. The van der Waals surface area contributed by atoms with Crippen LogP contribution in [0.15, 0.2) is 27.4 Å². The van der Waals surface area contributed by atoms with Crippen LogP contribution in [-0.4, -0.2) is 42.2 Å². The topological polar surface area (TPSA) is 161 Å². The van der Waals surface area contributed by atoms with Crippen LogP contribution in [0.2, 0.25) is 0 Å². The number of carboxylic acid groups (broad SMARTS) is 1. The first-order valence-corrected chi connectivity index (χ1v) is 10.1. The Morgan fingerprint density at radius 2 is 1.94 bits per heavy atom. The van der Waals surface area contributed by atoms with Crippen molar-refractivity contribution in [1.29, 1.82) is 0 Å². The average molecular weight is 431 g/mol. The molecular formula is C21H25N3O7. The van der Waals surface area contributed by atoms with Crippen LogP contribution in [0.5, 0.6) is 5.75 Å². The highest BCUT2D eigenvalue weighted by atomic mass is 16.5. The van der Waals surface area contributed by atoms with Crippen LogP contribution in [-0.2, 0) is 22.4 Å². The van der Waals surface area contributed by atoms with Gasteiger partial charge in [-0.2, -0.15) is 0 Å². The smallest absolute Gasteiger partial charge is 0.339 e. The lowest BCUT2D eigenvalue weighted by Gasteiger charge is -2.17. The molecule has 3 amide bonds. The second-order valence-electron chi connectivity index (χ2n) is 7.39. The molecule has 0 fully saturated rings. The minimum atomic E-state index is -1.19. The molecule has 3 rings (SSSR count). The molecule has 0 saturated heterocycles. The maximum Gasteiger partial charge on any atom is 0.339 e. The lowest BCUT2D eigenvalue weighted by molar-refractivity contribution is -0.142. The summed E-state index contributed by atoms with van der Waals surface area (Å²) in [7, 11) is 0. The highest BCUT2D eigenvalue weighted by molar-refractivity contribution is 5.85. The van der Waals surface area contributed by atoms with Crippen molar-refractivity contribution >= 4 is 28.9 Å². The van der Waals surface area contributed by atoms with Gasteiger partial charge in [0.15, 0.2) is 6.61 Å². The predicted octanol–water partition coefficient (Wildman–Crippen LogP) is 1.07. The van der Waals surface area contributed by atoms with Crippen molar-refractivity contribution in [3.63, 3.8) is 0 Å². The highest BCUT2D eigenvalue weighted by Gasteiger charge is 2.21. The number of aliphatic carboxylic acids is 1. The molecular weight excluding hydrogens is 406 g/mol. The Bertz CT molecular complexity index is 1050. The van der Waals surface area contributed by atoms with Crippen molar-refractivity contribution < 1.29 is 28.6 Å². The van der Waals surface area contributed by atoms with Gasteiger partial charge in [-0.1, -0.05) is 0 Å². The van der Waals surface area contributed by atoms with Gasteiger partial charge in [-0.3, -0.25) is 4.79 Å². The molecule has 10 heteroatoms. The summed E-state index contributed by atoms with van der Waals surface area (Å²) in [5.74, 6) is -1.47. The standard InChI is InChI=1S/C21H25N3O7/c22-21(29)23-9-3-6-16(19(26)27)24-18(25)11-30-12-7-8-14-13-4-1-2-5-15(13)20(28)31-17(14)10-12/h7-8,10,16H,1-6,9,11H2,(H,24,25)(H,26,27)(H3,22,23,29)/t16-/m1/s1. The second kappa shape index (κ2) is 9.96. The zero-order chi connectivity index (χ0) is 22.4. The normalized spacial score (nSPS) is 13.8. The fourth-order valence-electron chi connectivity index (χ4n) is 3.68. The molecule has 0 radical (unpaired) electrons. The summed E-state index contributed by atoms with van der Waals surface area (Å²) in [4.78, 5) is 46.3. The second-order valence-corrected chi connectivity index (χ2v) is 7.39. The monoisotopic (exact) mass is 431 g/mol. The summed E-state index contributed by atoms with van der Waals surface area (Å²) in [6.45, 7) is -0.193. The molecule has 0 unspecified atom stereocenters. The minimum absolute atomic E-state index is 0.119. The Morgan fingerprint density at radius 3 is 2.65 bits per heavy atom. The molecule has 1 aromatic heterocycles. The van der Waals surface area contributed by atoms with E-state index in [2.05, 4.69) is 10.6 Å². The zero-order valence-electron chi connectivity index (χ0n) is 16.9. The van der Waals surface area contributed by atoms with Gasteiger partial charge in [0.05, 0.1) is 0 Å². The van der Waals surface area contributed by atoms with Crippen LogP contribution in [0.4, 0.5) is 4.79 Å². The Kier molecular flexibility index (Phi) is 7.11. The van der Waals surface area contributed by atoms with Gasteiger partial charge in [-0.25, -0.2) is 14.4 Å². The highest BCUT2D eigenvalue weighted by Crippen LogP contribution is 2.29. The molecule has 1 aliphatic rings. The number of aryl methyl sites for hydroxylation is 1. The van der Waals surface area contributed by atoms with Crippen molar-refractivity contribution in [2.75, 3.05) is 13.2 Å². The first-order valence-electron chi connectivity index (χ1n) is 10.1. The van der Waals surface area contributed by atoms with Gasteiger partial charge < -0.3 is 30.6 Å². The number of carboxylic acids is 1. The van der Waals surface area contributed by atoms with Crippen LogP contribution in [0.1, 0.15) is 36.8 Å². The van der Waals surface area contributed by atoms with Crippen LogP contribution >= 0.6 is 0 Å². The Labute approximate surface area is 177 Å². The van der Waals surface area contributed by atoms with Gasteiger partial charge >= 0.3 is 17.6 Å². The third-order valence-corrected chi connectivity index (χ3v) is 5.17. The number of primary amides is 1. The fraction of sp³-hybridized carbons (Fsp3) is 0.429. The summed E-state index contributed by atoms with van der Waals surface area (Å²) in [5, 5.41) is 14.8. The first-order chi connectivity index (χ1) is 14.8. The third-order valence-electron chi connectivity index (χ3n) is 5.17. The molecule has 0 saturated carbocycles. The lowest BCUT2D eigenvalue weighted by Crippen LogP contribution is -2.43. The van der Waals surface area contributed by atoms with Crippen LogP contribution in [0.3, 0.4) is 0 Å². The summed E-state index contributed by atoms with van der Waals surface area (Å²) in [6.07, 6.45) is 3.98. The van der Waals surface area contributed by atoms with E-state index in [1.807, 2.05) is 0 Å². The Balaban J connectivity index is 1.59. The van der Waals surface area contributed by atoms with Crippen molar-refractivity contribution in [2.45, 2.75) is 44.6 Å². The number of amides is 3. The Hall–Kier alpha value is -3.56. The van der Waals surface area contributed by atoms with Gasteiger partial charge in [0, 0.05) is 23.6 Å². The van der Waals surface area contributed by atoms with E-state index in [-0.39, 0.29) is 18.6 Å². The number of carbonyl (C=O) groups is 3. The van der Waals surface area contributed by atoms with Crippen molar-refractivity contribution in [2.24, 2.45) is 5.73 Å². The number of hydrogen-bond acceptors (Lipinski definition) is 6. The van der Waals surface area contributed by atoms with Crippen molar-refractivity contribution in [3.05, 3.63) is 39.7 Å². The van der Waals surface area contributed by atoms with E-state index in [9.17, 15) is 24.3 Å². The van der Waals surface area contributed by atoms with Crippen molar-refractivity contribution in [1.82, 2.24) is 10.6 Å². The quantitative estimate of drug-likeness (QED) is 0.341. The molecule has 0 spiro atoms. The van der Waals surface area contributed by atoms with Crippen LogP contribution in [0, 0.1) is 0 Å². The molecule has 1 aromatic carbocycles. The summed E-state index contributed by atoms with van der Waals surface area (Å²) < 4.78 is 10.9. The molecule has 1 heterocycles. The van der Waals surface area contributed by atoms with E-state index in [0.717, 1.165) is 42.2 Å². The molecule has 0 aliphatic heterocycles. The zero-order valence-corrected chi connectivity index (χ0v) is 16.9. The number of ether oxygens (including phenoxy) is 1. The number of hydrogen-bond donors (Lipinski definition) is 4. The molecule has 5 N–H and O–H groups in total. The van der Waals surface area contributed by atoms with Gasteiger partial charge in [0.1, 0.15) is 17.4 Å². The fourth-order valence-corrected chi connectivity index (χ4v) is 3.68. The number of nitrogens with two attached hydrogens (primary N) is 1. The van der Waals surface area contributed by atoms with Gasteiger partial charge in [0.2, 0.25) is 0 Å². The number of carbonyl (C=O) groups excluding carboxylic acids is 2. The van der Waals surface area contributed by atoms with E-state index in [1.165, 1.54) is 0 Å². The van der Waals surface area contributed by atoms with Gasteiger partial charge in [0.25, 0.3) is 5.91 Å². The summed E-state index contributed by atoms with van der Waals surface area (Å²) in [6, 6.07) is 3.24. The maximum atomic E-state index is 12.2. The van der Waals surface area contributed by atoms with E-state index in [1.54, 1.807) is 18.2 Å². The van der Waals surface area contributed by atoms with E-state index in [4.69, 9.17) is 14.9 Å². The van der Waals surface area contributed by atoms with Crippen LogP contribution < -0.4 is 26.7 Å². The Morgan fingerprint density at radius 1 is 1.19 bits per heavy atom. The molecule has 10 nitrogen and oxygen atoms in total. The SMILES string of the molecule is NC(=O)NCCC[C@@H](NC(=O)COc1ccc2c3c(c(=O)oc2c1)CCCC3)C(=O)O. The third kappa shape index (κ3) is 5.74. The van der Waals surface area contributed by atoms with Gasteiger partial charge in [-0.15, -0.1) is 0 Å². The van der Waals surface area contributed by atoms with E-state index in [0.29, 0.717) is 17.8 Å². The molecule has 1 aliphatic carbocycles. The number of fused-ring (bicyclic) bond motifs is 3. The van der Waals surface area contributed by atoms with Crippen molar-refractivity contribution in [3.8, 4) is 5.75 Å². The molecule has 0 bridgehead atoms. The van der Waals surface area contributed by atoms with Crippen LogP contribution in [0.25, 0.3) is 11.0 Å². The average Bonchev–Trinajstić information content (AvgIpc) is 2.74. The van der Waals surface area contributed by atoms with E-state index < -0.39 is 30.6 Å². The number of urea groups is 1. The maximum absolute atomic E-state index is 12.2. The largest absolute Gasteiger partial charge is 0.484 e. The molecule has 2 aromatic rings. The first kappa shape index (κ1) is 22.1. The molecule has 166 valence electrons. The number of benzene rings is 1.